The Morgan fingerprint density at radius 1 is 1.12 bits per heavy atom. The zero-order valence-corrected chi connectivity index (χ0v) is 15.3. The molecular formula is C21H16N4S. The number of benzene rings is 2. The Bertz CT molecular complexity index is 1050. The number of aromatic nitrogens is 1. The second-order valence-corrected chi connectivity index (χ2v) is 6.72. The second-order valence-electron chi connectivity index (χ2n) is 5.86. The van der Waals surface area contributed by atoms with Crippen LogP contribution in [0.2, 0.25) is 0 Å². The van der Waals surface area contributed by atoms with E-state index < -0.39 is 0 Å². The number of allylic oxidation sites excluding steroid dienone is 1. The van der Waals surface area contributed by atoms with Gasteiger partial charge in [0.05, 0.1) is 5.69 Å². The van der Waals surface area contributed by atoms with Crippen molar-refractivity contribution in [2.75, 3.05) is 5.32 Å². The molecule has 0 aliphatic rings. The predicted molar refractivity (Wildman–Crippen MR) is 105 cm³/mol. The van der Waals surface area contributed by atoms with Crippen molar-refractivity contribution in [3.05, 3.63) is 70.7 Å². The van der Waals surface area contributed by atoms with E-state index in [4.69, 9.17) is 15.5 Å². The average Bonchev–Trinajstić information content (AvgIpc) is 3.15. The summed E-state index contributed by atoms with van der Waals surface area (Å²) in [6.45, 7) is 4.17. The van der Waals surface area contributed by atoms with Crippen LogP contribution >= 0.6 is 11.3 Å². The number of anilines is 1. The van der Waals surface area contributed by atoms with Crippen molar-refractivity contribution >= 4 is 17.0 Å². The van der Waals surface area contributed by atoms with E-state index in [1.54, 1.807) is 11.3 Å². The van der Waals surface area contributed by atoms with Crippen LogP contribution in [0.3, 0.4) is 0 Å². The lowest BCUT2D eigenvalue weighted by Gasteiger charge is -2.04. The van der Waals surface area contributed by atoms with Crippen molar-refractivity contribution in [2.45, 2.75) is 13.8 Å². The van der Waals surface area contributed by atoms with Gasteiger partial charge in [0.15, 0.2) is 0 Å². The Kier molecular flexibility index (Phi) is 5.12. The summed E-state index contributed by atoms with van der Waals surface area (Å²) in [5, 5.41) is 23.6. The maximum Gasteiger partial charge on any atom is 0.145 e. The lowest BCUT2D eigenvalue weighted by molar-refractivity contribution is 1.34. The maximum atomic E-state index is 8.80. The fourth-order valence-corrected chi connectivity index (χ4v) is 3.35. The third-order valence-electron chi connectivity index (χ3n) is 3.91. The third-order valence-corrected chi connectivity index (χ3v) is 4.80. The molecule has 2 aromatic carbocycles. The molecule has 0 radical (unpaired) electrons. The van der Waals surface area contributed by atoms with E-state index in [0.29, 0.717) is 0 Å². The van der Waals surface area contributed by atoms with E-state index in [0.717, 1.165) is 27.5 Å². The Balaban J connectivity index is 1.90. The molecule has 0 aliphatic carbocycles. The smallest absolute Gasteiger partial charge is 0.145 e. The summed E-state index contributed by atoms with van der Waals surface area (Å²) >= 11 is 1.60. The van der Waals surface area contributed by atoms with Crippen molar-refractivity contribution in [1.29, 1.82) is 10.5 Å². The first-order valence-corrected chi connectivity index (χ1v) is 8.89. The molecule has 0 aliphatic heterocycles. The second kappa shape index (κ2) is 7.65. The standard InChI is InChI=1S/C21H16N4S/c1-14-6-7-15(2)19(8-14)20-13-26-21(25-20)17-4-3-5-18(9-17)24-12-16(10-22)11-23/h3-9,12-13,24H,1-2H3. The van der Waals surface area contributed by atoms with Crippen LogP contribution in [0.15, 0.2) is 59.6 Å². The zero-order valence-electron chi connectivity index (χ0n) is 14.4. The van der Waals surface area contributed by atoms with E-state index in [1.165, 1.54) is 17.3 Å². The first-order valence-electron chi connectivity index (χ1n) is 8.01. The minimum absolute atomic E-state index is 0.0295. The van der Waals surface area contributed by atoms with Gasteiger partial charge in [-0.3, -0.25) is 0 Å². The average molecular weight is 356 g/mol. The highest BCUT2D eigenvalue weighted by molar-refractivity contribution is 7.13. The number of thiazole rings is 1. The molecule has 3 rings (SSSR count). The van der Waals surface area contributed by atoms with Crippen LogP contribution in [-0.2, 0) is 0 Å². The highest BCUT2D eigenvalue weighted by Gasteiger charge is 2.09. The summed E-state index contributed by atoms with van der Waals surface area (Å²) in [4.78, 5) is 4.79. The molecule has 1 heterocycles. The number of nitrogens with one attached hydrogen (secondary N) is 1. The molecule has 0 saturated heterocycles. The van der Waals surface area contributed by atoms with Crippen molar-refractivity contribution in [3.8, 4) is 34.0 Å². The minimum atomic E-state index is 0.0295. The van der Waals surface area contributed by atoms with Crippen LogP contribution in [0, 0.1) is 36.5 Å². The molecule has 5 heteroatoms. The number of rotatable bonds is 4. The van der Waals surface area contributed by atoms with Gasteiger partial charge < -0.3 is 5.32 Å². The zero-order chi connectivity index (χ0) is 18.5. The minimum Gasteiger partial charge on any atom is -0.360 e. The number of hydrogen-bond donors (Lipinski definition) is 1. The number of nitrogens with zero attached hydrogens (tertiary/aromatic N) is 3. The molecule has 0 bridgehead atoms. The highest BCUT2D eigenvalue weighted by Crippen LogP contribution is 2.32. The molecule has 1 N–H and O–H groups in total. The summed E-state index contributed by atoms with van der Waals surface area (Å²) in [6.07, 6.45) is 1.41. The monoisotopic (exact) mass is 356 g/mol. The fourth-order valence-electron chi connectivity index (χ4n) is 2.53. The van der Waals surface area contributed by atoms with E-state index in [-0.39, 0.29) is 5.57 Å². The van der Waals surface area contributed by atoms with Gasteiger partial charge in [0, 0.05) is 28.4 Å². The van der Waals surface area contributed by atoms with Crippen LogP contribution in [-0.4, -0.2) is 4.98 Å². The largest absolute Gasteiger partial charge is 0.360 e. The molecule has 4 nitrogen and oxygen atoms in total. The normalized spacial score (nSPS) is 9.85. The molecule has 3 aromatic rings. The Morgan fingerprint density at radius 2 is 1.92 bits per heavy atom. The maximum absolute atomic E-state index is 8.80. The predicted octanol–water partition coefficient (Wildman–Crippen LogP) is 5.44. The molecule has 126 valence electrons. The van der Waals surface area contributed by atoms with Gasteiger partial charge in [-0.15, -0.1) is 11.3 Å². The quantitative estimate of drug-likeness (QED) is 0.632. The van der Waals surface area contributed by atoms with E-state index in [1.807, 2.05) is 36.4 Å². The number of hydrogen-bond acceptors (Lipinski definition) is 5. The van der Waals surface area contributed by atoms with Gasteiger partial charge in [-0.05, 0) is 37.6 Å². The van der Waals surface area contributed by atoms with E-state index in [9.17, 15) is 0 Å². The number of aryl methyl sites for hydroxylation is 2. The Labute approximate surface area is 156 Å². The highest BCUT2D eigenvalue weighted by atomic mass is 32.1. The lowest BCUT2D eigenvalue weighted by atomic mass is 10.0. The molecule has 0 amide bonds. The van der Waals surface area contributed by atoms with Gasteiger partial charge in [0.2, 0.25) is 0 Å². The molecule has 1 aromatic heterocycles. The van der Waals surface area contributed by atoms with Crippen LogP contribution < -0.4 is 5.32 Å². The van der Waals surface area contributed by atoms with Gasteiger partial charge in [-0.25, -0.2) is 4.98 Å². The summed E-state index contributed by atoms with van der Waals surface area (Å²) in [7, 11) is 0. The molecule has 0 spiro atoms. The van der Waals surface area contributed by atoms with Crippen LogP contribution in [0.1, 0.15) is 11.1 Å². The molecule has 0 atom stereocenters. The molecule has 26 heavy (non-hydrogen) atoms. The summed E-state index contributed by atoms with van der Waals surface area (Å²) in [5.74, 6) is 0. The van der Waals surface area contributed by atoms with E-state index in [2.05, 4.69) is 42.7 Å². The molecule has 0 fully saturated rings. The van der Waals surface area contributed by atoms with Crippen LogP contribution in [0.25, 0.3) is 21.8 Å². The van der Waals surface area contributed by atoms with Crippen LogP contribution in [0.4, 0.5) is 5.69 Å². The molecule has 0 unspecified atom stereocenters. The first kappa shape index (κ1) is 17.4. The van der Waals surface area contributed by atoms with E-state index >= 15 is 0 Å². The SMILES string of the molecule is Cc1ccc(C)c(-c2csc(-c3cccc(NC=C(C#N)C#N)c3)n2)c1. The fraction of sp³-hybridized carbons (Fsp3) is 0.0952. The van der Waals surface area contributed by atoms with Crippen molar-refractivity contribution in [3.63, 3.8) is 0 Å². The molecular weight excluding hydrogens is 340 g/mol. The van der Waals surface area contributed by atoms with Gasteiger partial charge in [0.1, 0.15) is 22.7 Å². The van der Waals surface area contributed by atoms with Gasteiger partial charge in [-0.1, -0.05) is 29.8 Å². The first-order chi connectivity index (χ1) is 12.6. The third kappa shape index (κ3) is 3.80. The Morgan fingerprint density at radius 3 is 2.69 bits per heavy atom. The molecule has 0 saturated carbocycles. The van der Waals surface area contributed by atoms with Gasteiger partial charge in [-0.2, -0.15) is 10.5 Å². The van der Waals surface area contributed by atoms with Crippen LogP contribution in [0.5, 0.6) is 0 Å². The summed E-state index contributed by atoms with van der Waals surface area (Å²) in [6, 6.07) is 17.8. The lowest BCUT2D eigenvalue weighted by Crippen LogP contribution is -1.90. The van der Waals surface area contributed by atoms with Gasteiger partial charge >= 0.3 is 0 Å². The topological polar surface area (TPSA) is 72.5 Å². The Hall–Kier alpha value is -3.41. The van der Waals surface area contributed by atoms with Crippen molar-refractivity contribution in [1.82, 2.24) is 4.98 Å². The van der Waals surface area contributed by atoms with Crippen molar-refractivity contribution < 1.29 is 0 Å². The summed E-state index contributed by atoms with van der Waals surface area (Å²) < 4.78 is 0. The van der Waals surface area contributed by atoms with Crippen molar-refractivity contribution in [2.24, 2.45) is 0 Å². The number of nitriles is 2. The summed E-state index contributed by atoms with van der Waals surface area (Å²) in [5.41, 5.74) is 6.35. The van der Waals surface area contributed by atoms with Gasteiger partial charge in [0.25, 0.3) is 0 Å².